The fraction of sp³-hybridized carbons (Fsp3) is 0.235. The van der Waals surface area contributed by atoms with Gasteiger partial charge in [-0.05, 0) is 24.6 Å². The Morgan fingerprint density at radius 3 is 2.68 bits per heavy atom. The zero-order valence-corrected chi connectivity index (χ0v) is 12.3. The molecular formula is C17H18F2N2O. The minimum atomic E-state index is -0.667. The van der Waals surface area contributed by atoms with Crippen LogP contribution in [-0.2, 0) is 11.3 Å². The highest BCUT2D eigenvalue weighted by Gasteiger charge is 2.05. The van der Waals surface area contributed by atoms with Crippen LogP contribution in [0.5, 0.6) is 0 Å². The molecule has 2 rings (SSSR count). The molecule has 0 spiro atoms. The molecule has 0 saturated heterocycles. The molecule has 0 aromatic heterocycles. The summed E-state index contributed by atoms with van der Waals surface area (Å²) in [7, 11) is 0. The smallest absolute Gasteiger partial charge is 0.222 e. The zero-order valence-electron chi connectivity index (χ0n) is 12.3. The molecule has 2 aromatic rings. The van der Waals surface area contributed by atoms with E-state index in [4.69, 9.17) is 0 Å². The Morgan fingerprint density at radius 1 is 1.14 bits per heavy atom. The highest BCUT2D eigenvalue weighted by molar-refractivity contribution is 5.76. The lowest BCUT2D eigenvalue weighted by Gasteiger charge is -2.09. The summed E-state index contributed by atoms with van der Waals surface area (Å²) in [4.78, 5) is 11.7. The molecule has 22 heavy (non-hydrogen) atoms. The van der Waals surface area contributed by atoms with E-state index < -0.39 is 11.6 Å². The first-order valence-corrected chi connectivity index (χ1v) is 7.06. The lowest BCUT2D eigenvalue weighted by atomic mass is 10.1. The Kier molecular flexibility index (Phi) is 5.47. The summed E-state index contributed by atoms with van der Waals surface area (Å²) in [5.41, 5.74) is 2.36. The number of amides is 1. The Morgan fingerprint density at radius 2 is 1.95 bits per heavy atom. The van der Waals surface area contributed by atoms with Crippen LogP contribution in [0, 0.1) is 18.6 Å². The number of halogens is 2. The van der Waals surface area contributed by atoms with Crippen molar-refractivity contribution in [3.8, 4) is 0 Å². The van der Waals surface area contributed by atoms with E-state index in [1.807, 2.05) is 31.2 Å². The summed E-state index contributed by atoms with van der Waals surface area (Å²) >= 11 is 0. The fourth-order valence-corrected chi connectivity index (χ4v) is 2.05. The maximum atomic E-state index is 13.4. The van der Waals surface area contributed by atoms with Crippen LogP contribution in [0.4, 0.5) is 14.5 Å². The van der Waals surface area contributed by atoms with Gasteiger partial charge in [0.2, 0.25) is 5.91 Å². The number of benzene rings is 2. The van der Waals surface area contributed by atoms with Crippen molar-refractivity contribution in [2.24, 2.45) is 0 Å². The van der Waals surface area contributed by atoms with Crippen LogP contribution in [0.1, 0.15) is 17.5 Å². The number of nitrogens with one attached hydrogen (secondary N) is 2. The fourth-order valence-electron chi connectivity index (χ4n) is 2.05. The van der Waals surface area contributed by atoms with Crippen molar-refractivity contribution < 1.29 is 13.6 Å². The maximum Gasteiger partial charge on any atom is 0.222 e. The van der Waals surface area contributed by atoms with Gasteiger partial charge in [-0.2, -0.15) is 0 Å². The van der Waals surface area contributed by atoms with E-state index in [2.05, 4.69) is 10.6 Å². The molecule has 0 saturated carbocycles. The third-order valence-corrected chi connectivity index (χ3v) is 3.17. The van der Waals surface area contributed by atoms with Gasteiger partial charge >= 0.3 is 0 Å². The van der Waals surface area contributed by atoms with Gasteiger partial charge in [0.05, 0.1) is 5.69 Å². The van der Waals surface area contributed by atoms with Crippen molar-refractivity contribution in [3.05, 3.63) is 65.2 Å². The van der Waals surface area contributed by atoms with E-state index in [9.17, 15) is 13.6 Å². The van der Waals surface area contributed by atoms with Gasteiger partial charge in [0.1, 0.15) is 11.6 Å². The molecule has 0 fully saturated rings. The summed E-state index contributed by atoms with van der Waals surface area (Å²) in [5, 5.41) is 5.58. The largest absolute Gasteiger partial charge is 0.382 e. The van der Waals surface area contributed by atoms with Crippen molar-refractivity contribution in [2.75, 3.05) is 11.9 Å². The molecule has 0 atom stereocenters. The molecule has 2 N–H and O–H groups in total. The van der Waals surface area contributed by atoms with Crippen LogP contribution in [0.25, 0.3) is 0 Å². The third-order valence-electron chi connectivity index (χ3n) is 3.17. The van der Waals surface area contributed by atoms with Crippen LogP contribution < -0.4 is 10.6 Å². The van der Waals surface area contributed by atoms with Crippen molar-refractivity contribution in [1.82, 2.24) is 5.32 Å². The number of carbonyl (C=O) groups is 1. The minimum Gasteiger partial charge on any atom is -0.382 e. The molecule has 3 nitrogen and oxygen atoms in total. The van der Waals surface area contributed by atoms with Crippen LogP contribution in [0.15, 0.2) is 42.5 Å². The van der Waals surface area contributed by atoms with E-state index in [1.165, 1.54) is 12.1 Å². The number of hydrogen-bond donors (Lipinski definition) is 2. The normalized spacial score (nSPS) is 10.3. The topological polar surface area (TPSA) is 41.1 Å². The molecule has 0 aliphatic rings. The highest BCUT2D eigenvalue weighted by atomic mass is 19.1. The molecule has 0 unspecified atom stereocenters. The average Bonchev–Trinajstić information content (AvgIpc) is 2.47. The monoisotopic (exact) mass is 304 g/mol. The average molecular weight is 304 g/mol. The molecule has 0 aliphatic carbocycles. The number of aryl methyl sites for hydroxylation is 1. The van der Waals surface area contributed by atoms with Crippen molar-refractivity contribution in [1.29, 1.82) is 0 Å². The van der Waals surface area contributed by atoms with E-state index in [1.54, 1.807) is 0 Å². The van der Waals surface area contributed by atoms with Crippen molar-refractivity contribution in [3.63, 3.8) is 0 Å². The molecular weight excluding hydrogens is 286 g/mol. The summed E-state index contributed by atoms with van der Waals surface area (Å²) < 4.78 is 26.1. The van der Waals surface area contributed by atoms with E-state index in [-0.39, 0.29) is 24.6 Å². The molecule has 5 heteroatoms. The van der Waals surface area contributed by atoms with Gasteiger partial charge in [0.15, 0.2) is 0 Å². The van der Waals surface area contributed by atoms with Gasteiger partial charge in [0.25, 0.3) is 0 Å². The second-order valence-corrected chi connectivity index (χ2v) is 5.07. The second-order valence-electron chi connectivity index (χ2n) is 5.07. The lowest BCUT2D eigenvalue weighted by Crippen LogP contribution is -2.25. The SMILES string of the molecule is Cc1cccc(CNC(=O)CCNc2ccc(F)cc2F)c1. The first-order chi connectivity index (χ1) is 10.5. The zero-order chi connectivity index (χ0) is 15.9. The number of carbonyl (C=O) groups excluding carboxylic acids is 1. The van der Waals surface area contributed by atoms with Gasteiger partial charge in [-0.15, -0.1) is 0 Å². The predicted molar refractivity (Wildman–Crippen MR) is 82.5 cm³/mol. The number of hydrogen-bond acceptors (Lipinski definition) is 2. The Bertz CT molecular complexity index is 659. The van der Waals surface area contributed by atoms with Crippen molar-refractivity contribution >= 4 is 11.6 Å². The van der Waals surface area contributed by atoms with E-state index in [0.717, 1.165) is 17.2 Å². The second kappa shape index (κ2) is 7.54. The molecule has 2 aromatic carbocycles. The van der Waals surface area contributed by atoms with Gasteiger partial charge in [-0.3, -0.25) is 4.79 Å². The quantitative estimate of drug-likeness (QED) is 0.859. The summed E-state index contributed by atoms with van der Waals surface area (Å²) in [6.45, 7) is 2.74. The number of anilines is 1. The summed E-state index contributed by atoms with van der Waals surface area (Å²) in [5.74, 6) is -1.42. The molecule has 0 aliphatic heterocycles. The Balaban J connectivity index is 1.74. The summed E-state index contributed by atoms with van der Waals surface area (Å²) in [6, 6.07) is 11.2. The molecule has 0 heterocycles. The number of rotatable bonds is 6. The van der Waals surface area contributed by atoms with Crippen LogP contribution >= 0.6 is 0 Å². The first-order valence-electron chi connectivity index (χ1n) is 7.06. The maximum absolute atomic E-state index is 13.4. The van der Waals surface area contributed by atoms with Gasteiger partial charge < -0.3 is 10.6 Å². The molecule has 1 amide bonds. The predicted octanol–water partition coefficient (Wildman–Crippen LogP) is 3.39. The highest BCUT2D eigenvalue weighted by Crippen LogP contribution is 2.14. The Hall–Kier alpha value is -2.43. The van der Waals surface area contributed by atoms with Gasteiger partial charge in [0, 0.05) is 25.6 Å². The van der Waals surface area contributed by atoms with Crippen LogP contribution in [0.2, 0.25) is 0 Å². The standard InChI is InChI=1S/C17H18F2N2O/c1-12-3-2-4-13(9-12)11-21-17(22)7-8-20-16-6-5-14(18)10-15(16)19/h2-6,9-10,20H,7-8,11H2,1H3,(H,21,22). The van der Waals surface area contributed by atoms with Crippen LogP contribution in [-0.4, -0.2) is 12.5 Å². The minimum absolute atomic E-state index is 0.128. The van der Waals surface area contributed by atoms with Crippen LogP contribution in [0.3, 0.4) is 0 Å². The molecule has 116 valence electrons. The van der Waals surface area contributed by atoms with Gasteiger partial charge in [-0.25, -0.2) is 8.78 Å². The molecule has 0 bridgehead atoms. The van der Waals surface area contributed by atoms with Gasteiger partial charge in [-0.1, -0.05) is 29.8 Å². The Labute approximate surface area is 128 Å². The lowest BCUT2D eigenvalue weighted by molar-refractivity contribution is -0.121. The van der Waals surface area contributed by atoms with E-state index in [0.29, 0.717) is 6.54 Å². The van der Waals surface area contributed by atoms with E-state index >= 15 is 0 Å². The first kappa shape index (κ1) is 15.9. The van der Waals surface area contributed by atoms with Crippen molar-refractivity contribution in [2.45, 2.75) is 19.9 Å². The summed E-state index contributed by atoms with van der Waals surface area (Å²) in [6.07, 6.45) is 0.211. The third kappa shape index (κ3) is 4.84. The molecule has 0 radical (unpaired) electrons.